The van der Waals surface area contributed by atoms with Crippen molar-refractivity contribution in [2.75, 3.05) is 6.61 Å². The van der Waals surface area contributed by atoms with Crippen LogP contribution >= 0.6 is 0 Å². The highest BCUT2D eigenvalue weighted by Gasteiger charge is 1.97. The molecule has 0 spiro atoms. The molecule has 1 amide bonds. The quantitative estimate of drug-likeness (QED) is 0.197. The number of unbranched alkanes of at least 4 members (excludes halogenated alkanes) is 11. The Morgan fingerprint density at radius 3 is 1.47 bits per heavy atom. The van der Waals surface area contributed by atoms with Gasteiger partial charge in [-0.25, -0.2) is 5.84 Å². The lowest BCUT2D eigenvalue weighted by Crippen LogP contribution is -2.29. The predicted molar refractivity (Wildman–Crippen MR) is 79.4 cm³/mol. The first kappa shape index (κ1) is 18.4. The molecule has 4 nitrogen and oxygen atoms in total. The highest BCUT2D eigenvalue weighted by atomic mass is 16.2. The lowest BCUT2D eigenvalue weighted by atomic mass is 10.0. The first-order valence-corrected chi connectivity index (χ1v) is 7.91. The normalized spacial score (nSPS) is 10.6. The minimum atomic E-state index is -0.0544. The Labute approximate surface area is 118 Å². The van der Waals surface area contributed by atoms with E-state index in [1.807, 2.05) is 0 Å². The van der Waals surface area contributed by atoms with Crippen LogP contribution in [0.5, 0.6) is 0 Å². The number of nitrogens with one attached hydrogen (secondary N) is 1. The standard InChI is InChI=1S/C15H32N2O2/c16-17-15(19)13-11-9-7-5-3-1-2-4-6-8-10-12-14-18/h18H,1-14,16H2,(H,17,19). The molecule has 0 aliphatic carbocycles. The second-order valence-corrected chi connectivity index (χ2v) is 5.28. The number of nitrogens with two attached hydrogens (primary N) is 1. The van der Waals surface area contributed by atoms with Gasteiger partial charge in [0.05, 0.1) is 0 Å². The van der Waals surface area contributed by atoms with Gasteiger partial charge < -0.3 is 5.11 Å². The molecule has 0 bridgehead atoms. The van der Waals surface area contributed by atoms with Crippen LogP contribution in [0.3, 0.4) is 0 Å². The van der Waals surface area contributed by atoms with Gasteiger partial charge in [0.15, 0.2) is 0 Å². The van der Waals surface area contributed by atoms with E-state index in [4.69, 9.17) is 10.9 Å². The van der Waals surface area contributed by atoms with Gasteiger partial charge in [-0.2, -0.15) is 0 Å². The predicted octanol–water partition coefficient (Wildman–Crippen LogP) is 3.04. The summed E-state index contributed by atoms with van der Waals surface area (Å²) in [6.45, 7) is 0.340. The maximum absolute atomic E-state index is 10.9. The Bertz CT molecular complexity index is 199. The Hall–Kier alpha value is -0.610. The molecule has 0 aliphatic rings. The van der Waals surface area contributed by atoms with Crippen LogP contribution in [-0.2, 0) is 4.79 Å². The van der Waals surface area contributed by atoms with E-state index < -0.39 is 0 Å². The molecule has 0 aromatic heterocycles. The smallest absolute Gasteiger partial charge is 0.233 e. The van der Waals surface area contributed by atoms with E-state index in [1.54, 1.807) is 0 Å². The van der Waals surface area contributed by atoms with Gasteiger partial charge in [0.25, 0.3) is 0 Å². The summed E-state index contributed by atoms with van der Waals surface area (Å²) >= 11 is 0. The molecule has 0 radical (unpaired) electrons. The fraction of sp³-hybridized carbons (Fsp3) is 0.933. The molecule has 0 unspecified atom stereocenters. The minimum absolute atomic E-state index is 0.0544. The third-order valence-electron chi connectivity index (χ3n) is 3.47. The molecule has 4 N–H and O–H groups in total. The van der Waals surface area contributed by atoms with E-state index in [1.165, 1.54) is 57.8 Å². The molecule has 0 rings (SSSR count). The van der Waals surface area contributed by atoms with Gasteiger partial charge in [-0.3, -0.25) is 10.2 Å². The lowest BCUT2D eigenvalue weighted by molar-refractivity contribution is -0.121. The summed E-state index contributed by atoms with van der Waals surface area (Å²) in [6, 6.07) is 0. The van der Waals surface area contributed by atoms with Crippen molar-refractivity contribution < 1.29 is 9.90 Å². The van der Waals surface area contributed by atoms with E-state index >= 15 is 0 Å². The molecular formula is C15H32N2O2. The van der Waals surface area contributed by atoms with E-state index in [9.17, 15) is 4.79 Å². The van der Waals surface area contributed by atoms with Crippen molar-refractivity contribution in [1.29, 1.82) is 0 Å². The molecular weight excluding hydrogens is 240 g/mol. The van der Waals surface area contributed by atoms with Gasteiger partial charge in [-0.05, 0) is 12.8 Å². The highest BCUT2D eigenvalue weighted by molar-refractivity contribution is 5.74. The molecule has 0 aliphatic heterocycles. The number of aliphatic hydroxyl groups is 1. The van der Waals surface area contributed by atoms with Gasteiger partial charge in [-0.15, -0.1) is 0 Å². The lowest BCUT2D eigenvalue weighted by Gasteiger charge is -2.03. The van der Waals surface area contributed by atoms with Gasteiger partial charge in [0.2, 0.25) is 5.91 Å². The zero-order valence-electron chi connectivity index (χ0n) is 12.3. The third-order valence-corrected chi connectivity index (χ3v) is 3.47. The highest BCUT2D eigenvalue weighted by Crippen LogP contribution is 2.12. The average Bonchev–Trinajstić information content (AvgIpc) is 2.43. The number of carbonyl (C=O) groups is 1. The van der Waals surface area contributed by atoms with Crippen LogP contribution in [-0.4, -0.2) is 17.6 Å². The summed E-state index contributed by atoms with van der Waals surface area (Å²) in [5.41, 5.74) is 2.16. The second-order valence-electron chi connectivity index (χ2n) is 5.28. The van der Waals surface area contributed by atoms with Crippen LogP contribution in [0.2, 0.25) is 0 Å². The number of hydrogen-bond donors (Lipinski definition) is 3. The molecule has 0 atom stereocenters. The van der Waals surface area contributed by atoms with Gasteiger partial charge in [-0.1, -0.05) is 64.2 Å². The first-order chi connectivity index (χ1) is 9.31. The van der Waals surface area contributed by atoms with Crippen molar-refractivity contribution in [1.82, 2.24) is 5.43 Å². The van der Waals surface area contributed by atoms with Crippen molar-refractivity contribution in [3.63, 3.8) is 0 Å². The third kappa shape index (κ3) is 15.3. The molecule has 114 valence electrons. The van der Waals surface area contributed by atoms with Gasteiger partial charge >= 0.3 is 0 Å². The van der Waals surface area contributed by atoms with Crippen LogP contribution in [0, 0.1) is 0 Å². The van der Waals surface area contributed by atoms with Crippen molar-refractivity contribution in [3.05, 3.63) is 0 Å². The number of carbonyl (C=O) groups excluding carboxylic acids is 1. The Balaban J connectivity index is 2.97. The van der Waals surface area contributed by atoms with Crippen LogP contribution in [0.15, 0.2) is 0 Å². The minimum Gasteiger partial charge on any atom is -0.396 e. The van der Waals surface area contributed by atoms with Crippen LogP contribution < -0.4 is 11.3 Å². The topological polar surface area (TPSA) is 75.3 Å². The monoisotopic (exact) mass is 272 g/mol. The van der Waals surface area contributed by atoms with Crippen molar-refractivity contribution in [3.8, 4) is 0 Å². The zero-order valence-corrected chi connectivity index (χ0v) is 12.3. The number of aliphatic hydroxyl groups excluding tert-OH is 1. The zero-order chi connectivity index (χ0) is 14.2. The van der Waals surface area contributed by atoms with Crippen LogP contribution in [0.4, 0.5) is 0 Å². The molecule has 0 saturated heterocycles. The maximum atomic E-state index is 10.9. The van der Waals surface area contributed by atoms with Crippen LogP contribution in [0.25, 0.3) is 0 Å². The fourth-order valence-electron chi connectivity index (χ4n) is 2.24. The van der Waals surface area contributed by atoms with E-state index in [0.29, 0.717) is 13.0 Å². The second kappa shape index (κ2) is 15.4. The number of hydrazine groups is 1. The fourth-order valence-corrected chi connectivity index (χ4v) is 2.24. The summed E-state index contributed by atoms with van der Waals surface area (Å²) in [5.74, 6) is 4.95. The number of hydrogen-bond acceptors (Lipinski definition) is 3. The van der Waals surface area contributed by atoms with Gasteiger partial charge in [0.1, 0.15) is 0 Å². The molecule has 0 saturated carbocycles. The molecule has 4 heteroatoms. The Kier molecular flexibility index (Phi) is 15.0. The SMILES string of the molecule is NNC(=O)CCCCCCCCCCCCCCO. The number of amides is 1. The van der Waals surface area contributed by atoms with E-state index in [0.717, 1.165) is 19.3 Å². The average molecular weight is 272 g/mol. The summed E-state index contributed by atoms with van der Waals surface area (Å²) in [7, 11) is 0. The number of rotatable bonds is 14. The summed E-state index contributed by atoms with van der Waals surface area (Å²) in [6.07, 6.45) is 15.2. The Morgan fingerprint density at radius 1 is 0.737 bits per heavy atom. The molecule has 0 fully saturated rings. The summed E-state index contributed by atoms with van der Waals surface area (Å²) in [5, 5.41) is 8.64. The molecule has 19 heavy (non-hydrogen) atoms. The van der Waals surface area contributed by atoms with Crippen molar-refractivity contribution in [2.45, 2.75) is 83.5 Å². The molecule has 0 aromatic rings. The van der Waals surface area contributed by atoms with E-state index in [2.05, 4.69) is 5.43 Å². The van der Waals surface area contributed by atoms with Crippen molar-refractivity contribution >= 4 is 5.91 Å². The van der Waals surface area contributed by atoms with Crippen LogP contribution in [0.1, 0.15) is 83.5 Å². The Morgan fingerprint density at radius 2 is 1.11 bits per heavy atom. The summed E-state index contributed by atoms with van der Waals surface area (Å²) in [4.78, 5) is 10.9. The molecule has 0 heterocycles. The maximum Gasteiger partial charge on any atom is 0.233 e. The van der Waals surface area contributed by atoms with Crippen molar-refractivity contribution in [2.24, 2.45) is 5.84 Å². The largest absolute Gasteiger partial charge is 0.396 e. The van der Waals surface area contributed by atoms with Gasteiger partial charge in [0, 0.05) is 13.0 Å². The summed E-state index contributed by atoms with van der Waals surface area (Å²) < 4.78 is 0. The molecule has 0 aromatic carbocycles. The van der Waals surface area contributed by atoms with E-state index in [-0.39, 0.29) is 5.91 Å². The first-order valence-electron chi connectivity index (χ1n) is 7.91.